The number of benzene rings is 9. The number of rotatable bonds is 4. The molecule has 11 aromatic rings. The molecule has 0 unspecified atom stereocenters. The highest BCUT2D eigenvalue weighted by atomic mass is 16.3. The molecule has 0 atom stereocenters. The molecule has 3 heteroatoms. The second-order valence-corrected chi connectivity index (χ2v) is 15.6. The summed E-state index contributed by atoms with van der Waals surface area (Å²) in [7, 11) is 0. The Kier molecular flexibility index (Phi) is 6.40. The van der Waals surface area contributed by atoms with Crippen molar-refractivity contribution in [2.75, 3.05) is 4.90 Å². The number of hydrogen-bond donors (Lipinski definition) is 0. The van der Waals surface area contributed by atoms with Gasteiger partial charge >= 0.3 is 0 Å². The summed E-state index contributed by atoms with van der Waals surface area (Å²) in [5, 5.41) is 9.05. The summed E-state index contributed by atoms with van der Waals surface area (Å²) in [5.74, 6) is 0. The fourth-order valence-corrected chi connectivity index (χ4v) is 9.59. The molecule has 1 aliphatic carbocycles. The SMILES string of the molecule is CC1(C)c2ccccc2-c2ccc(N(c3ccccc3-c3cccc4oc5cc6ccccc6cc5c34)c3cccc4oc5c6ccccc6ccc5c34)cc21. The van der Waals surface area contributed by atoms with Gasteiger partial charge in [0.2, 0.25) is 0 Å². The monoisotopic (exact) mass is 717 g/mol. The Morgan fingerprint density at radius 2 is 1.05 bits per heavy atom. The number of para-hydroxylation sites is 1. The Morgan fingerprint density at radius 1 is 0.393 bits per heavy atom. The van der Waals surface area contributed by atoms with Crippen LogP contribution in [0.25, 0.3) is 87.7 Å². The van der Waals surface area contributed by atoms with Crippen molar-refractivity contribution < 1.29 is 8.83 Å². The molecule has 0 N–H and O–H groups in total. The van der Waals surface area contributed by atoms with Crippen molar-refractivity contribution in [3.63, 3.8) is 0 Å². The van der Waals surface area contributed by atoms with Crippen LogP contribution < -0.4 is 4.90 Å². The molecule has 0 fully saturated rings. The second kappa shape index (κ2) is 11.5. The van der Waals surface area contributed by atoms with Crippen molar-refractivity contribution >= 4 is 82.5 Å². The highest BCUT2D eigenvalue weighted by molar-refractivity contribution is 6.21. The molecule has 12 rings (SSSR count). The maximum atomic E-state index is 6.78. The van der Waals surface area contributed by atoms with E-state index in [0.717, 1.165) is 82.8 Å². The van der Waals surface area contributed by atoms with Gasteiger partial charge in [0.1, 0.15) is 22.3 Å². The predicted molar refractivity (Wildman–Crippen MR) is 234 cm³/mol. The van der Waals surface area contributed by atoms with E-state index in [4.69, 9.17) is 8.83 Å². The van der Waals surface area contributed by atoms with Gasteiger partial charge in [-0.05, 0) is 98.6 Å². The minimum atomic E-state index is -0.162. The number of furan rings is 2. The van der Waals surface area contributed by atoms with Gasteiger partial charge in [0.05, 0.1) is 16.8 Å². The van der Waals surface area contributed by atoms with E-state index in [2.05, 4.69) is 195 Å². The van der Waals surface area contributed by atoms with Crippen LogP contribution >= 0.6 is 0 Å². The molecular formula is C53H35NO2. The smallest absolute Gasteiger partial charge is 0.143 e. The van der Waals surface area contributed by atoms with Crippen LogP contribution in [-0.2, 0) is 5.41 Å². The molecule has 0 spiro atoms. The molecule has 0 aliphatic heterocycles. The van der Waals surface area contributed by atoms with Gasteiger partial charge < -0.3 is 13.7 Å². The lowest BCUT2D eigenvalue weighted by molar-refractivity contribution is 0.660. The number of fused-ring (bicyclic) bond motifs is 12. The lowest BCUT2D eigenvalue weighted by Gasteiger charge is -2.30. The summed E-state index contributed by atoms with van der Waals surface area (Å²) in [6, 6.07) is 63.5. The summed E-state index contributed by atoms with van der Waals surface area (Å²) < 4.78 is 13.4. The highest BCUT2D eigenvalue weighted by Crippen LogP contribution is 2.53. The molecule has 9 aromatic carbocycles. The lowest BCUT2D eigenvalue weighted by Crippen LogP contribution is -2.17. The van der Waals surface area contributed by atoms with Crippen LogP contribution in [0.3, 0.4) is 0 Å². The zero-order chi connectivity index (χ0) is 37.1. The van der Waals surface area contributed by atoms with Crippen LogP contribution in [-0.4, -0.2) is 0 Å². The first-order chi connectivity index (χ1) is 27.5. The van der Waals surface area contributed by atoms with Gasteiger partial charge in [0.15, 0.2) is 0 Å². The zero-order valence-corrected chi connectivity index (χ0v) is 31.0. The fraction of sp³-hybridized carbons (Fsp3) is 0.0566. The molecule has 3 nitrogen and oxygen atoms in total. The van der Waals surface area contributed by atoms with E-state index in [-0.39, 0.29) is 5.41 Å². The Bertz CT molecular complexity index is 3420. The molecule has 0 saturated carbocycles. The first kappa shape index (κ1) is 31.3. The van der Waals surface area contributed by atoms with E-state index in [1.165, 1.54) is 33.0 Å². The topological polar surface area (TPSA) is 29.5 Å². The van der Waals surface area contributed by atoms with Gasteiger partial charge in [-0.3, -0.25) is 0 Å². The van der Waals surface area contributed by atoms with E-state index < -0.39 is 0 Å². The average molecular weight is 718 g/mol. The maximum absolute atomic E-state index is 6.78. The summed E-state index contributed by atoms with van der Waals surface area (Å²) in [5.41, 5.74) is 14.1. The molecule has 1 aliphatic rings. The fourth-order valence-electron chi connectivity index (χ4n) is 9.59. The molecule has 264 valence electrons. The predicted octanol–water partition coefficient (Wildman–Crippen LogP) is 15.2. The number of nitrogens with zero attached hydrogens (tertiary/aromatic N) is 1. The van der Waals surface area contributed by atoms with Crippen LogP contribution in [0, 0.1) is 0 Å². The number of hydrogen-bond acceptors (Lipinski definition) is 3. The first-order valence-electron chi connectivity index (χ1n) is 19.3. The van der Waals surface area contributed by atoms with Gasteiger partial charge in [-0.15, -0.1) is 0 Å². The molecule has 56 heavy (non-hydrogen) atoms. The van der Waals surface area contributed by atoms with Gasteiger partial charge in [-0.25, -0.2) is 0 Å². The van der Waals surface area contributed by atoms with Gasteiger partial charge in [-0.1, -0.05) is 135 Å². The lowest BCUT2D eigenvalue weighted by atomic mass is 9.82. The van der Waals surface area contributed by atoms with Gasteiger partial charge in [-0.2, -0.15) is 0 Å². The summed E-state index contributed by atoms with van der Waals surface area (Å²) in [6.07, 6.45) is 0. The van der Waals surface area contributed by atoms with Crippen LogP contribution in [0.5, 0.6) is 0 Å². The van der Waals surface area contributed by atoms with E-state index in [0.29, 0.717) is 0 Å². The Balaban J connectivity index is 1.16. The summed E-state index contributed by atoms with van der Waals surface area (Å²) >= 11 is 0. The van der Waals surface area contributed by atoms with Crippen LogP contribution in [0.4, 0.5) is 17.1 Å². The summed E-state index contributed by atoms with van der Waals surface area (Å²) in [6.45, 7) is 4.70. The molecular weight excluding hydrogens is 683 g/mol. The molecule has 0 saturated heterocycles. The number of anilines is 3. The first-order valence-corrected chi connectivity index (χ1v) is 19.3. The molecule has 2 aromatic heterocycles. The van der Waals surface area contributed by atoms with Gasteiger partial charge in [0, 0.05) is 38.2 Å². The summed E-state index contributed by atoms with van der Waals surface area (Å²) in [4.78, 5) is 2.46. The van der Waals surface area contributed by atoms with E-state index >= 15 is 0 Å². The highest BCUT2D eigenvalue weighted by Gasteiger charge is 2.36. The van der Waals surface area contributed by atoms with Crippen molar-refractivity contribution in [2.45, 2.75) is 19.3 Å². The van der Waals surface area contributed by atoms with Crippen molar-refractivity contribution in [2.24, 2.45) is 0 Å². The van der Waals surface area contributed by atoms with Crippen molar-refractivity contribution in [3.05, 3.63) is 187 Å². The van der Waals surface area contributed by atoms with Crippen molar-refractivity contribution in [1.29, 1.82) is 0 Å². The molecule has 2 heterocycles. The quantitative estimate of drug-likeness (QED) is 0.182. The van der Waals surface area contributed by atoms with Crippen LogP contribution in [0.1, 0.15) is 25.0 Å². The minimum Gasteiger partial charge on any atom is -0.456 e. The normalized spacial score (nSPS) is 13.3. The third-order valence-electron chi connectivity index (χ3n) is 12.2. The maximum Gasteiger partial charge on any atom is 0.143 e. The Morgan fingerprint density at radius 3 is 1.93 bits per heavy atom. The molecule has 0 amide bonds. The Labute approximate surface area is 323 Å². The van der Waals surface area contributed by atoms with Crippen LogP contribution in [0.15, 0.2) is 185 Å². The minimum absolute atomic E-state index is 0.162. The second-order valence-electron chi connectivity index (χ2n) is 15.6. The van der Waals surface area contributed by atoms with E-state index in [1.807, 2.05) is 0 Å². The van der Waals surface area contributed by atoms with Crippen LogP contribution in [0.2, 0.25) is 0 Å². The third-order valence-corrected chi connectivity index (χ3v) is 12.2. The average Bonchev–Trinajstić information content (AvgIpc) is 3.88. The molecule has 0 bridgehead atoms. The largest absolute Gasteiger partial charge is 0.456 e. The van der Waals surface area contributed by atoms with E-state index in [9.17, 15) is 0 Å². The van der Waals surface area contributed by atoms with Gasteiger partial charge in [0.25, 0.3) is 0 Å². The Hall–Kier alpha value is -7.10. The van der Waals surface area contributed by atoms with E-state index in [1.54, 1.807) is 0 Å². The van der Waals surface area contributed by atoms with Crippen molar-refractivity contribution in [1.82, 2.24) is 0 Å². The standard InChI is InChI=1S/C53H35NO2/c1-53(2)43-20-9-7-17-37(43)38-28-26-35(31-44(38)53)54(46-22-12-24-48-51(46)41-27-25-32-13-5-6-16-36(32)52(41)56-48)45-21-10-8-18-39(45)40-19-11-23-47-50(40)42-29-33-14-3-4-15-34(33)30-49(42)55-47/h3-31H,1-2H3. The third kappa shape index (κ3) is 4.34. The zero-order valence-electron chi connectivity index (χ0n) is 31.0. The molecule has 0 radical (unpaired) electrons. The van der Waals surface area contributed by atoms with Crippen molar-refractivity contribution in [3.8, 4) is 22.3 Å².